The molecule has 4 aromatic rings. The molecule has 3 N–H and O–H groups in total. The van der Waals surface area contributed by atoms with Crippen molar-refractivity contribution >= 4 is 17.1 Å². The molecule has 188 valence electrons. The number of aromatic nitrogens is 5. The molecule has 3 aliphatic carbocycles. The van der Waals surface area contributed by atoms with Crippen molar-refractivity contribution in [3.05, 3.63) is 66.0 Å². The molecule has 0 aromatic carbocycles. The van der Waals surface area contributed by atoms with Gasteiger partial charge in [0.05, 0.1) is 52.1 Å². The smallest absolute Gasteiger partial charge is 0.255 e. The number of rotatable bonds is 6. The predicted octanol–water partition coefficient (Wildman–Crippen LogP) is 3.18. The molecule has 2 bridgehead atoms. The molecule has 0 unspecified atom stereocenters. The van der Waals surface area contributed by atoms with Crippen LogP contribution in [0.3, 0.4) is 0 Å². The summed E-state index contributed by atoms with van der Waals surface area (Å²) >= 11 is 0. The molecule has 0 atom stereocenters. The third-order valence-electron chi connectivity index (χ3n) is 7.98. The Balaban J connectivity index is 1.35. The van der Waals surface area contributed by atoms with Crippen LogP contribution < -0.4 is 10.6 Å². The summed E-state index contributed by atoms with van der Waals surface area (Å²) in [6, 6.07) is 9.61. The van der Waals surface area contributed by atoms with Crippen LogP contribution >= 0.6 is 0 Å². The summed E-state index contributed by atoms with van der Waals surface area (Å²) in [6.07, 6.45) is 11.5. The van der Waals surface area contributed by atoms with Crippen LogP contribution in [0, 0.1) is 11.3 Å². The number of aryl methyl sites for hydroxylation is 1. The quantitative estimate of drug-likeness (QED) is 0.373. The highest BCUT2D eigenvalue weighted by Crippen LogP contribution is 2.48. The maximum Gasteiger partial charge on any atom is 0.255 e. The van der Waals surface area contributed by atoms with Crippen molar-refractivity contribution in [1.82, 2.24) is 29.5 Å². The maximum absolute atomic E-state index is 13.3. The van der Waals surface area contributed by atoms with Gasteiger partial charge in [0.15, 0.2) is 0 Å². The summed E-state index contributed by atoms with van der Waals surface area (Å²) in [6.45, 7) is 0.302. The first kappa shape index (κ1) is 23.2. The van der Waals surface area contributed by atoms with Gasteiger partial charge in [0.2, 0.25) is 0 Å². The van der Waals surface area contributed by atoms with Gasteiger partial charge in [-0.1, -0.05) is 0 Å². The molecule has 10 heteroatoms. The highest BCUT2D eigenvalue weighted by atomic mass is 16.3. The van der Waals surface area contributed by atoms with E-state index in [4.69, 9.17) is 0 Å². The van der Waals surface area contributed by atoms with Gasteiger partial charge in [-0.3, -0.25) is 9.78 Å². The lowest BCUT2D eigenvalue weighted by Crippen LogP contribution is -2.54. The number of carbonyl (C=O) groups is 1. The van der Waals surface area contributed by atoms with Gasteiger partial charge in [0.25, 0.3) is 5.91 Å². The molecular formula is C27H28N8O2. The maximum atomic E-state index is 13.3. The molecule has 4 heterocycles. The van der Waals surface area contributed by atoms with Crippen molar-refractivity contribution in [3.8, 4) is 17.5 Å². The van der Waals surface area contributed by atoms with Crippen LogP contribution in [0.4, 0.5) is 5.69 Å². The fourth-order valence-corrected chi connectivity index (χ4v) is 5.59. The van der Waals surface area contributed by atoms with Gasteiger partial charge < -0.3 is 20.3 Å². The zero-order valence-corrected chi connectivity index (χ0v) is 20.6. The molecular weight excluding hydrogens is 468 g/mol. The topological polar surface area (TPSA) is 133 Å². The summed E-state index contributed by atoms with van der Waals surface area (Å²) < 4.78 is 3.61. The number of aliphatic hydroxyl groups is 1. The van der Waals surface area contributed by atoms with Gasteiger partial charge in [-0.2, -0.15) is 10.4 Å². The molecule has 3 aliphatic rings. The standard InChI is InChI=1S/C27H28N8O2/c1-34-11-10-29-24(34)17-31-25(36)20-16-30-22(23-3-2-19-12-18(14-28)15-32-35(19)23)13-21(20)33-26-4-7-27(37,8-5-26)9-6-26/h2-3,10-13,15-16,37H,4-9,17H2,1H3,(H,30,33)(H,31,36). The third kappa shape index (κ3) is 4.21. The van der Waals surface area contributed by atoms with E-state index in [0.717, 1.165) is 55.6 Å². The van der Waals surface area contributed by atoms with E-state index < -0.39 is 5.60 Å². The van der Waals surface area contributed by atoms with Crippen molar-refractivity contribution in [3.63, 3.8) is 0 Å². The molecule has 7 rings (SSSR count). The highest BCUT2D eigenvalue weighted by molar-refractivity contribution is 6.00. The summed E-state index contributed by atoms with van der Waals surface area (Å²) in [5.41, 5.74) is 3.16. The molecule has 0 spiro atoms. The number of imidazole rings is 1. The van der Waals surface area contributed by atoms with Crippen molar-refractivity contribution in [2.45, 2.75) is 56.2 Å². The zero-order chi connectivity index (χ0) is 25.6. The van der Waals surface area contributed by atoms with Gasteiger partial charge in [0.1, 0.15) is 11.9 Å². The third-order valence-corrected chi connectivity index (χ3v) is 7.98. The van der Waals surface area contributed by atoms with Gasteiger partial charge in [0, 0.05) is 31.2 Å². The number of hydrogen-bond acceptors (Lipinski definition) is 7. The number of fused-ring (bicyclic) bond motifs is 4. The second kappa shape index (κ2) is 8.71. The number of hydrogen-bond donors (Lipinski definition) is 3. The zero-order valence-electron chi connectivity index (χ0n) is 20.6. The number of pyridine rings is 1. The summed E-state index contributed by atoms with van der Waals surface area (Å²) in [5, 5.41) is 31.0. The van der Waals surface area contributed by atoms with Gasteiger partial charge in [-0.25, -0.2) is 9.50 Å². The molecule has 3 saturated carbocycles. The molecule has 0 saturated heterocycles. The first-order valence-corrected chi connectivity index (χ1v) is 12.5. The average molecular weight is 497 g/mol. The normalized spacial score (nSPS) is 22.6. The van der Waals surface area contributed by atoms with E-state index in [1.165, 1.54) is 6.20 Å². The average Bonchev–Trinajstić information content (AvgIpc) is 3.53. The van der Waals surface area contributed by atoms with E-state index in [2.05, 4.69) is 31.8 Å². The molecule has 3 fully saturated rings. The van der Waals surface area contributed by atoms with Crippen LogP contribution in [0.25, 0.3) is 16.9 Å². The molecule has 37 heavy (non-hydrogen) atoms. The number of carbonyl (C=O) groups excluding carboxylic acids is 1. The summed E-state index contributed by atoms with van der Waals surface area (Å²) in [7, 11) is 1.89. The fraction of sp³-hybridized carbons (Fsp3) is 0.370. The summed E-state index contributed by atoms with van der Waals surface area (Å²) in [5.74, 6) is 0.522. The van der Waals surface area contributed by atoms with E-state index >= 15 is 0 Å². The van der Waals surface area contributed by atoms with Crippen molar-refractivity contribution in [2.24, 2.45) is 7.05 Å². The number of anilines is 1. The molecule has 1 amide bonds. The Kier molecular flexibility index (Phi) is 5.46. The molecule has 0 radical (unpaired) electrons. The van der Waals surface area contributed by atoms with E-state index in [1.54, 1.807) is 23.0 Å². The first-order valence-electron chi connectivity index (χ1n) is 12.5. The minimum atomic E-state index is -0.548. The van der Waals surface area contributed by atoms with Crippen LogP contribution in [0.1, 0.15) is 60.3 Å². The van der Waals surface area contributed by atoms with Gasteiger partial charge >= 0.3 is 0 Å². The number of nitrogens with one attached hydrogen (secondary N) is 2. The Hall–Kier alpha value is -4.23. The van der Waals surface area contributed by atoms with Crippen LogP contribution in [0.5, 0.6) is 0 Å². The highest BCUT2D eigenvalue weighted by Gasteiger charge is 2.48. The lowest BCUT2D eigenvalue weighted by molar-refractivity contribution is -0.0580. The second-order valence-electron chi connectivity index (χ2n) is 10.3. The minimum absolute atomic E-state index is 0.168. The Morgan fingerprint density at radius 2 is 1.92 bits per heavy atom. The van der Waals surface area contributed by atoms with Crippen LogP contribution in [0.2, 0.25) is 0 Å². The molecule has 10 nitrogen and oxygen atoms in total. The van der Waals surface area contributed by atoms with Crippen molar-refractivity contribution in [2.75, 3.05) is 5.32 Å². The fourth-order valence-electron chi connectivity index (χ4n) is 5.59. The largest absolute Gasteiger partial charge is 0.390 e. The van der Waals surface area contributed by atoms with Gasteiger partial charge in [-0.05, 0) is 62.8 Å². The minimum Gasteiger partial charge on any atom is -0.390 e. The lowest BCUT2D eigenvalue weighted by Gasteiger charge is -2.51. The monoisotopic (exact) mass is 496 g/mol. The van der Waals surface area contributed by atoms with Crippen LogP contribution in [-0.4, -0.2) is 46.3 Å². The van der Waals surface area contributed by atoms with Gasteiger partial charge in [-0.15, -0.1) is 0 Å². The first-order chi connectivity index (χ1) is 17.9. The number of nitrogens with zero attached hydrogens (tertiary/aromatic N) is 6. The summed E-state index contributed by atoms with van der Waals surface area (Å²) in [4.78, 5) is 22.3. The Morgan fingerprint density at radius 3 is 2.62 bits per heavy atom. The second-order valence-corrected chi connectivity index (χ2v) is 10.3. The number of amides is 1. The van der Waals surface area contributed by atoms with E-state index in [1.807, 2.05) is 36.0 Å². The van der Waals surface area contributed by atoms with Crippen molar-refractivity contribution in [1.29, 1.82) is 5.26 Å². The van der Waals surface area contributed by atoms with E-state index in [-0.39, 0.29) is 11.4 Å². The Bertz CT molecular complexity index is 1520. The van der Waals surface area contributed by atoms with Crippen LogP contribution in [-0.2, 0) is 13.6 Å². The van der Waals surface area contributed by atoms with E-state index in [9.17, 15) is 15.2 Å². The Labute approximate surface area is 214 Å². The molecule has 0 aliphatic heterocycles. The van der Waals surface area contributed by atoms with Crippen LogP contribution in [0.15, 0.2) is 49.1 Å². The Morgan fingerprint density at radius 1 is 1.14 bits per heavy atom. The predicted molar refractivity (Wildman–Crippen MR) is 137 cm³/mol. The lowest BCUT2D eigenvalue weighted by atomic mass is 9.63. The number of nitriles is 1. The van der Waals surface area contributed by atoms with Crippen molar-refractivity contribution < 1.29 is 9.90 Å². The van der Waals surface area contributed by atoms with E-state index in [0.29, 0.717) is 29.1 Å². The SMILES string of the molecule is Cn1ccnc1CNC(=O)c1cnc(-c2ccc3cc(C#N)cnn23)cc1NC12CCC(O)(CC1)CC2. The molecule has 4 aromatic heterocycles.